The molecular weight excluding hydrogens is 326 g/mol. The Morgan fingerprint density at radius 3 is 2.40 bits per heavy atom. The van der Waals surface area contributed by atoms with Gasteiger partial charge in [-0.15, -0.1) is 0 Å². The molecule has 0 aliphatic carbocycles. The van der Waals surface area contributed by atoms with Gasteiger partial charge in [0, 0.05) is 24.4 Å². The Labute approximate surface area is 143 Å². The number of H-pyrrole nitrogens is 1. The third-order valence-electron chi connectivity index (χ3n) is 3.86. The third kappa shape index (κ3) is 3.57. The highest BCUT2D eigenvalue weighted by atomic mass is 16.5. The van der Waals surface area contributed by atoms with E-state index < -0.39 is 17.9 Å². The molecule has 0 aromatic carbocycles. The molecule has 2 rings (SSSR count). The number of rotatable bonds is 5. The molecular formula is C17H19N3O5. The van der Waals surface area contributed by atoms with Gasteiger partial charge in [0.2, 0.25) is 5.78 Å². The Morgan fingerprint density at radius 1 is 1.24 bits per heavy atom. The number of aromatic nitrogens is 3. The van der Waals surface area contributed by atoms with Crippen LogP contribution in [-0.2, 0) is 11.8 Å². The van der Waals surface area contributed by atoms with E-state index in [1.165, 1.54) is 33.0 Å². The Kier molecular flexibility index (Phi) is 5.01. The van der Waals surface area contributed by atoms with Crippen molar-refractivity contribution in [3.63, 3.8) is 0 Å². The van der Waals surface area contributed by atoms with Gasteiger partial charge in [0.25, 0.3) is 5.56 Å². The van der Waals surface area contributed by atoms with Gasteiger partial charge in [-0.05, 0) is 39.3 Å². The number of esters is 1. The molecule has 25 heavy (non-hydrogen) atoms. The first-order valence-electron chi connectivity index (χ1n) is 7.63. The van der Waals surface area contributed by atoms with Gasteiger partial charge in [-0.3, -0.25) is 14.4 Å². The van der Waals surface area contributed by atoms with E-state index >= 15 is 0 Å². The van der Waals surface area contributed by atoms with Crippen molar-refractivity contribution in [2.45, 2.75) is 33.8 Å². The molecule has 0 aliphatic rings. The van der Waals surface area contributed by atoms with E-state index in [1.807, 2.05) is 0 Å². The van der Waals surface area contributed by atoms with Crippen LogP contribution in [0.15, 0.2) is 16.9 Å². The van der Waals surface area contributed by atoms with Crippen LogP contribution in [0.25, 0.3) is 0 Å². The van der Waals surface area contributed by atoms with E-state index in [-0.39, 0.29) is 22.7 Å². The first-order valence-corrected chi connectivity index (χ1v) is 7.63. The lowest BCUT2D eigenvalue weighted by molar-refractivity contribution is 0.0309. The van der Waals surface area contributed by atoms with E-state index in [2.05, 4.69) is 10.1 Å². The molecule has 1 atom stereocenters. The highest BCUT2D eigenvalue weighted by molar-refractivity contribution is 6.05. The number of ether oxygens (including phenoxy) is 1. The molecule has 0 aliphatic heterocycles. The second kappa shape index (κ2) is 6.84. The minimum absolute atomic E-state index is 0.0782. The number of hydrogen-bond acceptors (Lipinski definition) is 6. The summed E-state index contributed by atoms with van der Waals surface area (Å²) in [5, 5.41) is 3.78. The first kappa shape index (κ1) is 18.3. The largest absolute Gasteiger partial charge is 0.449 e. The minimum atomic E-state index is -1.08. The van der Waals surface area contributed by atoms with Gasteiger partial charge in [-0.25, -0.2) is 9.48 Å². The predicted octanol–water partition coefficient (Wildman–Crippen LogP) is 1.36. The van der Waals surface area contributed by atoms with Crippen LogP contribution in [0.4, 0.5) is 0 Å². The summed E-state index contributed by atoms with van der Waals surface area (Å²) in [7, 11) is 1.40. The first-order chi connectivity index (χ1) is 11.6. The van der Waals surface area contributed by atoms with Crippen LogP contribution in [0.2, 0.25) is 0 Å². The van der Waals surface area contributed by atoms with Crippen molar-refractivity contribution in [3.05, 3.63) is 50.7 Å². The van der Waals surface area contributed by atoms with Crippen molar-refractivity contribution < 1.29 is 19.1 Å². The maximum Gasteiger partial charge on any atom is 0.359 e. The molecule has 0 radical (unpaired) electrons. The second-order valence-corrected chi connectivity index (χ2v) is 5.77. The second-order valence-electron chi connectivity index (χ2n) is 5.77. The van der Waals surface area contributed by atoms with E-state index in [9.17, 15) is 19.2 Å². The van der Waals surface area contributed by atoms with Crippen LogP contribution in [0, 0.1) is 13.8 Å². The molecule has 1 N–H and O–H groups in total. The van der Waals surface area contributed by atoms with Crippen LogP contribution in [0.5, 0.6) is 0 Å². The van der Waals surface area contributed by atoms with Crippen molar-refractivity contribution in [2.75, 3.05) is 0 Å². The number of hydrogen-bond donors (Lipinski definition) is 1. The number of carbonyl (C=O) groups is 3. The molecule has 132 valence electrons. The summed E-state index contributed by atoms with van der Waals surface area (Å²) >= 11 is 0. The Hall–Kier alpha value is -3.03. The molecule has 0 amide bonds. The maximum atomic E-state index is 12.5. The summed E-state index contributed by atoms with van der Waals surface area (Å²) in [4.78, 5) is 50.5. The number of aryl methyl sites for hydroxylation is 2. The Bertz CT molecular complexity index is 923. The van der Waals surface area contributed by atoms with Crippen LogP contribution < -0.4 is 5.56 Å². The number of aromatic amines is 1. The van der Waals surface area contributed by atoms with Crippen LogP contribution in [-0.4, -0.2) is 38.4 Å². The summed E-state index contributed by atoms with van der Waals surface area (Å²) in [6.45, 7) is 6.22. The molecule has 0 saturated heterocycles. The number of carbonyl (C=O) groups excluding carboxylic acids is 3. The van der Waals surface area contributed by atoms with Crippen molar-refractivity contribution in [1.29, 1.82) is 0 Å². The molecule has 2 heterocycles. The number of ketones is 2. The lowest BCUT2D eigenvalue weighted by atomic mass is 10.0. The number of nitrogens with one attached hydrogen (secondary N) is 1. The summed E-state index contributed by atoms with van der Waals surface area (Å²) in [6.07, 6.45) is -1.08. The molecule has 0 saturated carbocycles. The average Bonchev–Trinajstić information content (AvgIpc) is 2.83. The molecule has 8 nitrogen and oxygen atoms in total. The van der Waals surface area contributed by atoms with Gasteiger partial charge in [0.1, 0.15) is 0 Å². The fourth-order valence-electron chi connectivity index (χ4n) is 2.61. The van der Waals surface area contributed by atoms with E-state index in [1.54, 1.807) is 13.8 Å². The predicted molar refractivity (Wildman–Crippen MR) is 89.0 cm³/mol. The minimum Gasteiger partial charge on any atom is -0.449 e. The summed E-state index contributed by atoms with van der Waals surface area (Å²) < 4.78 is 6.14. The zero-order valence-corrected chi connectivity index (χ0v) is 14.7. The third-order valence-corrected chi connectivity index (χ3v) is 3.86. The lowest BCUT2D eigenvalue weighted by Crippen LogP contribution is -2.27. The zero-order chi connectivity index (χ0) is 18.9. The molecule has 0 spiro atoms. The van der Waals surface area contributed by atoms with Gasteiger partial charge < -0.3 is 9.72 Å². The highest BCUT2D eigenvalue weighted by Crippen LogP contribution is 2.20. The number of nitrogens with zero attached hydrogens (tertiary/aromatic N) is 2. The summed E-state index contributed by atoms with van der Waals surface area (Å²) in [5.41, 5.74) is 1.36. The van der Waals surface area contributed by atoms with E-state index in [0.717, 1.165) is 4.68 Å². The van der Waals surface area contributed by atoms with E-state index in [0.29, 0.717) is 16.8 Å². The van der Waals surface area contributed by atoms with Crippen molar-refractivity contribution in [2.24, 2.45) is 7.05 Å². The zero-order valence-electron chi connectivity index (χ0n) is 14.7. The van der Waals surface area contributed by atoms with Crippen LogP contribution in [0.1, 0.15) is 56.4 Å². The fraction of sp³-hybridized carbons (Fsp3) is 0.353. The SMILES string of the molecule is CC(=O)c1c(C)[nH]c(C(=O)C(C)OC(=O)c2ccc(=O)n(C)n2)c1C. The molecule has 2 aromatic rings. The van der Waals surface area contributed by atoms with Crippen molar-refractivity contribution >= 4 is 17.5 Å². The topological polar surface area (TPSA) is 111 Å². The quantitative estimate of drug-likeness (QED) is 0.647. The normalized spacial score (nSPS) is 11.9. The Balaban J connectivity index is 2.22. The van der Waals surface area contributed by atoms with Gasteiger partial charge in [-0.1, -0.05) is 0 Å². The van der Waals surface area contributed by atoms with E-state index in [4.69, 9.17) is 4.74 Å². The summed E-state index contributed by atoms with van der Waals surface area (Å²) in [6, 6.07) is 2.42. The smallest absolute Gasteiger partial charge is 0.359 e. The monoisotopic (exact) mass is 345 g/mol. The Morgan fingerprint density at radius 2 is 1.88 bits per heavy atom. The van der Waals surface area contributed by atoms with Gasteiger partial charge in [0.15, 0.2) is 17.6 Å². The maximum absolute atomic E-state index is 12.5. The van der Waals surface area contributed by atoms with Gasteiger partial charge in [-0.2, -0.15) is 5.10 Å². The fourth-order valence-corrected chi connectivity index (χ4v) is 2.61. The number of Topliss-reactive ketones (excluding diaryl/α,β-unsaturated/α-hetero) is 2. The highest BCUT2D eigenvalue weighted by Gasteiger charge is 2.26. The average molecular weight is 345 g/mol. The molecule has 2 aromatic heterocycles. The lowest BCUT2D eigenvalue weighted by Gasteiger charge is -2.12. The standard InChI is InChI=1S/C17H19N3O5/c1-8-14(10(3)21)9(2)18-15(8)16(23)11(4)25-17(24)12-6-7-13(22)20(5)19-12/h6-7,11,18H,1-5H3. The molecule has 1 unspecified atom stereocenters. The van der Waals surface area contributed by atoms with Crippen molar-refractivity contribution in [3.8, 4) is 0 Å². The van der Waals surface area contributed by atoms with Crippen LogP contribution >= 0.6 is 0 Å². The summed E-state index contributed by atoms with van der Waals surface area (Å²) in [5.74, 6) is -1.42. The molecule has 0 bridgehead atoms. The van der Waals surface area contributed by atoms with Gasteiger partial charge >= 0.3 is 5.97 Å². The van der Waals surface area contributed by atoms with Crippen molar-refractivity contribution in [1.82, 2.24) is 14.8 Å². The molecule has 0 fully saturated rings. The van der Waals surface area contributed by atoms with Crippen LogP contribution in [0.3, 0.4) is 0 Å². The van der Waals surface area contributed by atoms with Gasteiger partial charge in [0.05, 0.1) is 5.69 Å². The molecule has 8 heteroatoms.